The molecule has 6 rings (SSSR count). The van der Waals surface area contributed by atoms with Crippen LogP contribution in [0.1, 0.15) is 44.7 Å². The second-order valence-electron chi connectivity index (χ2n) is 13.8. The highest BCUT2D eigenvalue weighted by atomic mass is 16.6. The first-order valence-electron chi connectivity index (χ1n) is 17.2. The summed E-state index contributed by atoms with van der Waals surface area (Å²) in [5, 5.41) is 0. The maximum absolute atomic E-state index is 12.4. The molecule has 0 bridgehead atoms. The van der Waals surface area contributed by atoms with E-state index in [-0.39, 0.29) is 6.09 Å². The number of aromatic nitrogens is 1. The molecule has 4 aromatic rings. The fourth-order valence-electron chi connectivity index (χ4n) is 6.32. The van der Waals surface area contributed by atoms with Crippen LogP contribution in [0, 0.1) is 5.92 Å². The fraction of sp³-hybridized carbons (Fsp3) is 0.400. The summed E-state index contributed by atoms with van der Waals surface area (Å²) in [5.74, 6) is 1.72. The summed E-state index contributed by atoms with van der Waals surface area (Å²) in [6.07, 6.45) is 1.89. The van der Waals surface area contributed by atoms with Crippen molar-refractivity contribution >= 4 is 11.8 Å². The van der Waals surface area contributed by atoms with E-state index in [4.69, 9.17) is 19.2 Å². The summed E-state index contributed by atoms with van der Waals surface area (Å²) in [6.45, 7) is 13.4. The third-order valence-corrected chi connectivity index (χ3v) is 8.98. The molecule has 1 aromatic heterocycles. The topological polar surface area (TPSA) is 67.4 Å². The first-order chi connectivity index (χ1) is 23.3. The minimum Gasteiger partial charge on any atom is -0.473 e. The Morgan fingerprint density at radius 2 is 1.33 bits per heavy atom. The van der Waals surface area contributed by atoms with Crippen LogP contribution in [0.25, 0.3) is 11.1 Å². The van der Waals surface area contributed by atoms with Crippen molar-refractivity contribution in [3.05, 3.63) is 108 Å². The molecule has 8 nitrogen and oxygen atoms in total. The number of hydrogen-bond donors (Lipinski definition) is 0. The van der Waals surface area contributed by atoms with Gasteiger partial charge >= 0.3 is 6.09 Å². The molecular weight excluding hydrogens is 600 g/mol. The van der Waals surface area contributed by atoms with E-state index in [1.807, 2.05) is 86.3 Å². The van der Waals surface area contributed by atoms with Crippen molar-refractivity contribution < 1.29 is 19.0 Å². The minimum absolute atomic E-state index is 0.183. The molecule has 1 amide bonds. The van der Waals surface area contributed by atoms with Gasteiger partial charge in [0.15, 0.2) is 0 Å². The first-order valence-corrected chi connectivity index (χ1v) is 17.2. The highest BCUT2D eigenvalue weighted by Crippen LogP contribution is 2.33. The van der Waals surface area contributed by atoms with Crippen LogP contribution in [0.3, 0.4) is 0 Å². The first kappa shape index (κ1) is 33.3. The Morgan fingerprint density at radius 1 is 0.729 bits per heavy atom. The quantitative estimate of drug-likeness (QED) is 0.175. The number of amides is 1. The Morgan fingerprint density at radius 3 is 1.94 bits per heavy atom. The average molecular weight is 649 g/mol. The van der Waals surface area contributed by atoms with E-state index >= 15 is 0 Å². The van der Waals surface area contributed by atoms with Crippen LogP contribution >= 0.6 is 0 Å². The molecule has 0 saturated carbocycles. The van der Waals surface area contributed by atoms with E-state index in [0.29, 0.717) is 30.9 Å². The van der Waals surface area contributed by atoms with Crippen LogP contribution in [-0.2, 0) is 18.0 Å². The molecule has 8 heteroatoms. The summed E-state index contributed by atoms with van der Waals surface area (Å²) >= 11 is 0. The smallest absolute Gasteiger partial charge is 0.410 e. The lowest BCUT2D eigenvalue weighted by atomic mass is 9.96. The number of piperidine rings is 1. The van der Waals surface area contributed by atoms with E-state index in [0.717, 1.165) is 80.9 Å². The van der Waals surface area contributed by atoms with Crippen molar-refractivity contribution in [2.45, 2.75) is 52.4 Å². The standard InChI is InChI=1S/C40H48N4O4/c1-40(2,3)48-39(45)44-22-20-31(21-23-44)28-42-24-26-43(27-25-42)35-16-14-34(15-17-35)36-18-19-37(46-29-32-10-6-4-7-11-32)41-38(36)47-30-33-12-8-5-9-13-33/h4-19,31H,20-30H2,1-3H3. The molecule has 0 radical (unpaired) electrons. The molecule has 0 atom stereocenters. The van der Waals surface area contributed by atoms with Gasteiger partial charge in [0, 0.05) is 63.1 Å². The number of anilines is 1. The van der Waals surface area contributed by atoms with Crippen molar-refractivity contribution in [3.63, 3.8) is 0 Å². The monoisotopic (exact) mass is 648 g/mol. The number of likely N-dealkylation sites (tertiary alicyclic amines) is 1. The third kappa shape index (κ3) is 9.28. The molecule has 0 spiro atoms. The van der Waals surface area contributed by atoms with Gasteiger partial charge in [-0.15, -0.1) is 0 Å². The number of carbonyl (C=O) groups excluding carboxylic acids is 1. The summed E-state index contributed by atoms with van der Waals surface area (Å²) in [5.41, 5.74) is 4.95. The van der Waals surface area contributed by atoms with Gasteiger partial charge in [-0.2, -0.15) is 4.98 Å². The lowest BCUT2D eigenvalue weighted by Crippen LogP contribution is -2.49. The number of ether oxygens (including phenoxy) is 3. The maximum Gasteiger partial charge on any atom is 0.410 e. The second-order valence-corrected chi connectivity index (χ2v) is 13.8. The summed E-state index contributed by atoms with van der Waals surface area (Å²) < 4.78 is 17.9. The Labute approximate surface area is 285 Å². The molecule has 3 heterocycles. The Kier molecular flexibility index (Phi) is 10.8. The van der Waals surface area contributed by atoms with Gasteiger partial charge in [0.2, 0.25) is 11.8 Å². The minimum atomic E-state index is -0.450. The van der Waals surface area contributed by atoms with Crippen LogP contribution in [0.15, 0.2) is 97.1 Å². The molecule has 2 fully saturated rings. The predicted molar refractivity (Wildman–Crippen MR) is 190 cm³/mol. The number of nitrogens with zero attached hydrogens (tertiary/aromatic N) is 4. The van der Waals surface area contributed by atoms with Crippen molar-refractivity contribution in [2.75, 3.05) is 50.7 Å². The second kappa shape index (κ2) is 15.6. The fourth-order valence-corrected chi connectivity index (χ4v) is 6.32. The van der Waals surface area contributed by atoms with Crippen LogP contribution in [-0.4, -0.2) is 72.3 Å². The van der Waals surface area contributed by atoms with E-state index in [9.17, 15) is 4.79 Å². The Balaban J connectivity index is 1.04. The highest BCUT2D eigenvalue weighted by molar-refractivity contribution is 5.71. The molecule has 252 valence electrons. The van der Waals surface area contributed by atoms with Crippen molar-refractivity contribution in [3.8, 4) is 22.9 Å². The van der Waals surface area contributed by atoms with Gasteiger partial charge < -0.3 is 24.0 Å². The number of carbonyl (C=O) groups is 1. The third-order valence-electron chi connectivity index (χ3n) is 8.98. The van der Waals surface area contributed by atoms with Gasteiger partial charge in [0.05, 0.1) is 0 Å². The zero-order valence-electron chi connectivity index (χ0n) is 28.5. The van der Waals surface area contributed by atoms with Gasteiger partial charge in [-0.1, -0.05) is 72.8 Å². The van der Waals surface area contributed by atoms with Crippen LogP contribution in [0.4, 0.5) is 10.5 Å². The van der Waals surface area contributed by atoms with E-state index < -0.39 is 5.60 Å². The lowest BCUT2D eigenvalue weighted by molar-refractivity contribution is 0.0169. The van der Waals surface area contributed by atoms with Gasteiger partial charge in [-0.3, -0.25) is 4.90 Å². The zero-order chi connectivity index (χ0) is 33.3. The highest BCUT2D eigenvalue weighted by Gasteiger charge is 2.28. The van der Waals surface area contributed by atoms with E-state index in [2.05, 4.69) is 46.2 Å². The van der Waals surface area contributed by atoms with Gasteiger partial charge in [-0.25, -0.2) is 4.79 Å². The summed E-state index contributed by atoms with van der Waals surface area (Å²) in [4.78, 5) is 24.1. The maximum atomic E-state index is 12.4. The molecule has 0 N–H and O–H groups in total. The van der Waals surface area contributed by atoms with Crippen LogP contribution in [0.5, 0.6) is 11.8 Å². The summed E-state index contributed by atoms with van der Waals surface area (Å²) in [6, 6.07) is 33.0. The van der Waals surface area contributed by atoms with Crippen molar-refractivity contribution in [1.82, 2.24) is 14.8 Å². The van der Waals surface area contributed by atoms with Gasteiger partial charge in [0.25, 0.3) is 0 Å². The number of pyridine rings is 1. The number of benzene rings is 3. The van der Waals surface area contributed by atoms with Gasteiger partial charge in [0.1, 0.15) is 18.8 Å². The molecule has 2 aliphatic heterocycles. The predicted octanol–water partition coefficient (Wildman–Crippen LogP) is 7.68. The molecule has 3 aromatic carbocycles. The summed E-state index contributed by atoms with van der Waals surface area (Å²) in [7, 11) is 0. The Bertz CT molecular complexity index is 1590. The molecule has 0 aliphatic carbocycles. The molecular formula is C40H48N4O4. The largest absolute Gasteiger partial charge is 0.473 e. The number of hydrogen-bond acceptors (Lipinski definition) is 7. The van der Waals surface area contributed by atoms with Gasteiger partial charge in [-0.05, 0) is 74.4 Å². The zero-order valence-corrected chi connectivity index (χ0v) is 28.5. The molecule has 0 unspecified atom stereocenters. The lowest BCUT2D eigenvalue weighted by Gasteiger charge is -2.39. The average Bonchev–Trinajstić information content (AvgIpc) is 3.11. The van der Waals surface area contributed by atoms with E-state index in [1.165, 1.54) is 5.69 Å². The number of piperazine rings is 1. The van der Waals surface area contributed by atoms with Crippen molar-refractivity contribution in [2.24, 2.45) is 5.92 Å². The molecule has 48 heavy (non-hydrogen) atoms. The normalized spacial score (nSPS) is 16.1. The van der Waals surface area contributed by atoms with Crippen LogP contribution < -0.4 is 14.4 Å². The van der Waals surface area contributed by atoms with Crippen LogP contribution in [0.2, 0.25) is 0 Å². The molecule has 2 aliphatic rings. The van der Waals surface area contributed by atoms with Crippen molar-refractivity contribution in [1.29, 1.82) is 0 Å². The SMILES string of the molecule is CC(C)(C)OC(=O)N1CCC(CN2CCN(c3ccc(-c4ccc(OCc5ccccc5)nc4OCc4ccccc4)cc3)CC2)CC1. The molecule has 2 saturated heterocycles. The van der Waals surface area contributed by atoms with E-state index in [1.54, 1.807) is 0 Å². The Hall–Kier alpha value is -4.56. The number of rotatable bonds is 10.